The number of hydrogen-bond acceptors (Lipinski definition) is 3. The lowest BCUT2D eigenvalue weighted by molar-refractivity contribution is -0.117. The zero-order valence-corrected chi connectivity index (χ0v) is 13.2. The van der Waals surface area contributed by atoms with Crippen molar-refractivity contribution in [2.75, 3.05) is 5.32 Å². The second kappa shape index (κ2) is 7.00. The molecule has 3 rings (SSSR count). The second-order valence-corrected chi connectivity index (χ2v) is 6.51. The van der Waals surface area contributed by atoms with Crippen LogP contribution in [0.25, 0.3) is 0 Å². The Labute approximate surface area is 136 Å². The average Bonchev–Trinajstić information content (AvgIpc) is 2.98. The van der Waals surface area contributed by atoms with Crippen molar-refractivity contribution in [3.8, 4) is 0 Å². The lowest BCUT2D eigenvalue weighted by Gasteiger charge is -2.24. The molecule has 0 spiro atoms. The Kier molecular flexibility index (Phi) is 4.81. The molecule has 1 aliphatic carbocycles. The number of primary amides is 1. The topological polar surface area (TPSA) is 96.2 Å². The van der Waals surface area contributed by atoms with Gasteiger partial charge in [-0.3, -0.25) is 4.79 Å². The van der Waals surface area contributed by atoms with Crippen LogP contribution in [0.15, 0.2) is 24.3 Å². The van der Waals surface area contributed by atoms with Crippen LogP contribution >= 0.6 is 0 Å². The van der Waals surface area contributed by atoms with E-state index in [1.807, 2.05) is 24.3 Å². The zero-order chi connectivity index (χ0) is 16.2. The number of urea groups is 1. The van der Waals surface area contributed by atoms with Gasteiger partial charge in [0.15, 0.2) is 0 Å². The lowest BCUT2D eigenvalue weighted by atomic mass is 9.85. The van der Waals surface area contributed by atoms with Gasteiger partial charge >= 0.3 is 6.03 Å². The van der Waals surface area contributed by atoms with Crippen LogP contribution in [0.5, 0.6) is 0 Å². The molecule has 23 heavy (non-hydrogen) atoms. The van der Waals surface area contributed by atoms with Crippen molar-refractivity contribution in [3.05, 3.63) is 29.8 Å². The number of rotatable bonds is 4. The van der Waals surface area contributed by atoms with E-state index in [4.69, 9.17) is 5.73 Å². The van der Waals surface area contributed by atoms with Crippen molar-refractivity contribution in [3.63, 3.8) is 0 Å². The van der Waals surface area contributed by atoms with Crippen molar-refractivity contribution in [1.29, 1.82) is 0 Å². The van der Waals surface area contributed by atoms with Crippen LogP contribution in [0, 0.1) is 5.92 Å². The minimum Gasteiger partial charge on any atom is -0.352 e. The monoisotopic (exact) mass is 316 g/mol. The SMILES string of the molecule is NC(=O)NCc1ccc(NC(=O)C2CC3CCCCC3N2)cc1. The molecule has 2 aliphatic rings. The highest BCUT2D eigenvalue weighted by Gasteiger charge is 2.38. The molecule has 1 aliphatic heterocycles. The summed E-state index contributed by atoms with van der Waals surface area (Å²) < 4.78 is 0. The number of fused-ring (bicyclic) bond motifs is 1. The van der Waals surface area contributed by atoms with Crippen LogP contribution < -0.4 is 21.7 Å². The quantitative estimate of drug-likeness (QED) is 0.681. The molecule has 3 atom stereocenters. The van der Waals surface area contributed by atoms with Gasteiger partial charge in [-0.1, -0.05) is 25.0 Å². The van der Waals surface area contributed by atoms with E-state index in [9.17, 15) is 9.59 Å². The van der Waals surface area contributed by atoms with E-state index in [2.05, 4.69) is 16.0 Å². The summed E-state index contributed by atoms with van der Waals surface area (Å²) in [5, 5.41) is 8.99. The Morgan fingerprint density at radius 3 is 2.61 bits per heavy atom. The molecule has 1 saturated carbocycles. The highest BCUT2D eigenvalue weighted by molar-refractivity contribution is 5.95. The Bertz CT molecular complexity index is 558. The van der Waals surface area contributed by atoms with Crippen LogP contribution in [-0.4, -0.2) is 24.0 Å². The second-order valence-electron chi connectivity index (χ2n) is 6.51. The molecule has 124 valence electrons. The molecule has 0 radical (unpaired) electrons. The smallest absolute Gasteiger partial charge is 0.312 e. The molecule has 2 fully saturated rings. The minimum absolute atomic E-state index is 0.0439. The van der Waals surface area contributed by atoms with Gasteiger partial charge in [0.05, 0.1) is 6.04 Å². The van der Waals surface area contributed by atoms with E-state index in [0.29, 0.717) is 18.5 Å². The average molecular weight is 316 g/mol. The highest BCUT2D eigenvalue weighted by Crippen LogP contribution is 2.33. The van der Waals surface area contributed by atoms with Crippen molar-refractivity contribution >= 4 is 17.6 Å². The fourth-order valence-corrected chi connectivity index (χ4v) is 3.65. The van der Waals surface area contributed by atoms with E-state index in [0.717, 1.165) is 17.7 Å². The fraction of sp³-hybridized carbons (Fsp3) is 0.529. The first kappa shape index (κ1) is 15.8. The summed E-state index contributed by atoms with van der Waals surface area (Å²) >= 11 is 0. The van der Waals surface area contributed by atoms with E-state index < -0.39 is 6.03 Å². The first-order chi connectivity index (χ1) is 11.1. The molecule has 3 amide bonds. The van der Waals surface area contributed by atoms with Crippen LogP contribution in [0.4, 0.5) is 10.5 Å². The summed E-state index contributed by atoms with van der Waals surface area (Å²) in [6, 6.07) is 7.31. The molecule has 5 N–H and O–H groups in total. The van der Waals surface area contributed by atoms with E-state index in [1.165, 1.54) is 25.7 Å². The summed E-state index contributed by atoms with van der Waals surface area (Å²) in [6.07, 6.45) is 5.93. The molecule has 1 heterocycles. The molecule has 6 heteroatoms. The molecule has 6 nitrogen and oxygen atoms in total. The number of anilines is 1. The number of nitrogens with one attached hydrogen (secondary N) is 3. The number of nitrogens with two attached hydrogens (primary N) is 1. The number of hydrogen-bond donors (Lipinski definition) is 4. The lowest BCUT2D eigenvalue weighted by Crippen LogP contribution is -2.39. The van der Waals surface area contributed by atoms with Gasteiger partial charge in [-0.2, -0.15) is 0 Å². The molecular weight excluding hydrogens is 292 g/mol. The van der Waals surface area contributed by atoms with Crippen molar-refractivity contribution < 1.29 is 9.59 Å². The van der Waals surface area contributed by atoms with Gasteiger partial charge in [0.2, 0.25) is 5.91 Å². The largest absolute Gasteiger partial charge is 0.352 e. The number of benzene rings is 1. The molecule has 1 aromatic rings. The van der Waals surface area contributed by atoms with Gasteiger partial charge in [0.1, 0.15) is 0 Å². The third kappa shape index (κ3) is 4.01. The third-order valence-electron chi connectivity index (χ3n) is 4.87. The van der Waals surface area contributed by atoms with E-state index in [-0.39, 0.29) is 11.9 Å². The number of carbonyl (C=O) groups is 2. The minimum atomic E-state index is -0.545. The first-order valence-corrected chi connectivity index (χ1v) is 8.31. The normalized spacial score (nSPS) is 26.3. The summed E-state index contributed by atoms with van der Waals surface area (Å²) in [5.74, 6) is 0.698. The summed E-state index contributed by atoms with van der Waals surface area (Å²) in [6.45, 7) is 0.386. The molecule has 3 unspecified atom stereocenters. The molecule has 1 aromatic carbocycles. The fourth-order valence-electron chi connectivity index (χ4n) is 3.65. The van der Waals surface area contributed by atoms with Crippen molar-refractivity contribution in [2.45, 2.75) is 50.7 Å². The Morgan fingerprint density at radius 1 is 1.17 bits per heavy atom. The summed E-state index contributed by atoms with van der Waals surface area (Å²) in [5.41, 5.74) is 6.75. The zero-order valence-electron chi connectivity index (χ0n) is 13.2. The predicted octanol–water partition coefficient (Wildman–Crippen LogP) is 1.71. The van der Waals surface area contributed by atoms with E-state index in [1.54, 1.807) is 0 Å². The Morgan fingerprint density at radius 2 is 1.91 bits per heavy atom. The van der Waals surface area contributed by atoms with Crippen LogP contribution in [-0.2, 0) is 11.3 Å². The van der Waals surface area contributed by atoms with Crippen LogP contribution in [0.2, 0.25) is 0 Å². The predicted molar refractivity (Wildman–Crippen MR) is 88.8 cm³/mol. The molecule has 1 saturated heterocycles. The number of carbonyl (C=O) groups excluding carboxylic acids is 2. The molecule has 0 bridgehead atoms. The van der Waals surface area contributed by atoms with Crippen LogP contribution in [0.1, 0.15) is 37.7 Å². The maximum atomic E-state index is 12.4. The van der Waals surface area contributed by atoms with Gasteiger partial charge in [-0.05, 0) is 42.9 Å². The first-order valence-electron chi connectivity index (χ1n) is 8.31. The molecule has 0 aromatic heterocycles. The highest BCUT2D eigenvalue weighted by atomic mass is 16.2. The number of amides is 3. The standard InChI is InChI=1S/C17H24N4O2/c18-17(23)19-10-11-5-7-13(8-6-11)20-16(22)15-9-12-3-1-2-4-14(12)21-15/h5-8,12,14-15,21H,1-4,9-10H2,(H,20,22)(H3,18,19,23). The van der Waals surface area contributed by atoms with Gasteiger partial charge in [-0.25, -0.2) is 4.79 Å². The maximum absolute atomic E-state index is 12.4. The van der Waals surface area contributed by atoms with Crippen LogP contribution in [0.3, 0.4) is 0 Å². The summed E-state index contributed by atoms with van der Waals surface area (Å²) in [4.78, 5) is 23.1. The van der Waals surface area contributed by atoms with Gasteiger partial charge < -0.3 is 21.7 Å². The van der Waals surface area contributed by atoms with Gasteiger partial charge in [0.25, 0.3) is 0 Å². The molecular formula is C17H24N4O2. The Balaban J connectivity index is 1.52. The summed E-state index contributed by atoms with van der Waals surface area (Å²) in [7, 11) is 0. The maximum Gasteiger partial charge on any atom is 0.312 e. The van der Waals surface area contributed by atoms with Gasteiger partial charge in [-0.15, -0.1) is 0 Å². The Hall–Kier alpha value is -2.08. The van der Waals surface area contributed by atoms with Crippen molar-refractivity contribution in [2.24, 2.45) is 11.7 Å². The van der Waals surface area contributed by atoms with Crippen molar-refractivity contribution in [1.82, 2.24) is 10.6 Å². The van der Waals surface area contributed by atoms with Gasteiger partial charge in [0, 0.05) is 18.3 Å². The van der Waals surface area contributed by atoms with E-state index >= 15 is 0 Å². The third-order valence-corrected chi connectivity index (χ3v) is 4.87.